The van der Waals surface area contributed by atoms with Crippen molar-refractivity contribution in [1.82, 2.24) is 4.98 Å². The lowest BCUT2D eigenvalue weighted by molar-refractivity contribution is -0.137. The Labute approximate surface area is 113 Å². The lowest BCUT2D eigenvalue weighted by atomic mass is 9.99. The smallest absolute Gasteiger partial charge is 0.398 e. The molecule has 1 atom stereocenters. The maximum Gasteiger partial charge on any atom is 0.416 e. The van der Waals surface area contributed by atoms with E-state index in [0.29, 0.717) is 5.56 Å². The summed E-state index contributed by atoms with van der Waals surface area (Å²) in [6, 6.07) is 6.16. The first-order chi connectivity index (χ1) is 9.29. The van der Waals surface area contributed by atoms with Gasteiger partial charge in [0.05, 0.1) is 5.56 Å². The van der Waals surface area contributed by atoms with Gasteiger partial charge in [0.1, 0.15) is 6.10 Å². The molecule has 1 aromatic heterocycles. The van der Waals surface area contributed by atoms with Crippen LogP contribution < -0.4 is 5.73 Å². The van der Waals surface area contributed by atoms with Gasteiger partial charge in [-0.1, -0.05) is 6.07 Å². The Morgan fingerprint density at radius 2 is 1.90 bits per heavy atom. The molecule has 1 unspecified atom stereocenters. The number of alkyl halides is 3. The number of pyridine rings is 1. The van der Waals surface area contributed by atoms with Crippen LogP contribution in [0, 0.1) is 6.92 Å². The Kier molecular flexibility index (Phi) is 3.67. The van der Waals surface area contributed by atoms with Gasteiger partial charge in [-0.05, 0) is 31.2 Å². The highest BCUT2D eigenvalue weighted by Crippen LogP contribution is 2.34. The first-order valence-corrected chi connectivity index (χ1v) is 5.86. The molecule has 0 aliphatic carbocycles. The number of nitrogens with two attached hydrogens (primary N) is 1. The number of aliphatic hydroxyl groups is 1. The van der Waals surface area contributed by atoms with Crippen molar-refractivity contribution in [3.8, 4) is 0 Å². The molecule has 106 valence electrons. The zero-order valence-electron chi connectivity index (χ0n) is 10.6. The van der Waals surface area contributed by atoms with E-state index < -0.39 is 17.8 Å². The molecule has 0 amide bonds. The highest BCUT2D eigenvalue weighted by Gasteiger charge is 2.31. The average molecular weight is 282 g/mol. The van der Waals surface area contributed by atoms with Gasteiger partial charge in [-0.3, -0.25) is 4.98 Å². The molecule has 0 aliphatic heterocycles. The number of aryl methyl sites for hydroxylation is 1. The molecule has 2 aromatic rings. The van der Waals surface area contributed by atoms with Crippen LogP contribution in [0.1, 0.15) is 28.5 Å². The summed E-state index contributed by atoms with van der Waals surface area (Å²) in [5.74, 6) is 0. The van der Waals surface area contributed by atoms with Gasteiger partial charge in [0, 0.05) is 28.7 Å². The Morgan fingerprint density at radius 1 is 1.20 bits per heavy atom. The second kappa shape index (κ2) is 5.13. The van der Waals surface area contributed by atoms with Crippen molar-refractivity contribution >= 4 is 5.69 Å². The quantitative estimate of drug-likeness (QED) is 0.832. The zero-order chi connectivity index (χ0) is 14.9. The summed E-state index contributed by atoms with van der Waals surface area (Å²) in [6.07, 6.45) is -4.31. The van der Waals surface area contributed by atoms with Crippen LogP contribution in [0.15, 0.2) is 36.5 Å². The van der Waals surface area contributed by atoms with E-state index in [1.807, 2.05) is 0 Å². The lowest BCUT2D eigenvalue weighted by Gasteiger charge is -2.16. The number of benzene rings is 1. The van der Waals surface area contributed by atoms with Crippen LogP contribution >= 0.6 is 0 Å². The van der Waals surface area contributed by atoms with Crippen molar-refractivity contribution in [1.29, 1.82) is 0 Å². The van der Waals surface area contributed by atoms with Crippen LogP contribution in [0.3, 0.4) is 0 Å². The minimum absolute atomic E-state index is 0.0190. The number of aliphatic hydroxyl groups excluding tert-OH is 1. The van der Waals surface area contributed by atoms with Crippen molar-refractivity contribution in [2.75, 3.05) is 5.73 Å². The van der Waals surface area contributed by atoms with Crippen LogP contribution in [0.5, 0.6) is 0 Å². The molecular formula is C14H13F3N2O. The van der Waals surface area contributed by atoms with Crippen LogP contribution in [0.2, 0.25) is 0 Å². The van der Waals surface area contributed by atoms with Crippen molar-refractivity contribution < 1.29 is 18.3 Å². The van der Waals surface area contributed by atoms with Gasteiger partial charge in [-0.25, -0.2) is 0 Å². The first-order valence-electron chi connectivity index (χ1n) is 5.86. The predicted molar refractivity (Wildman–Crippen MR) is 68.9 cm³/mol. The third kappa shape index (κ3) is 2.91. The normalized spacial score (nSPS) is 13.2. The standard InChI is InChI=1S/C14H13F3N2O/c1-8-2-3-9(7-19-8)13(20)11-6-10(14(15,16)17)4-5-12(11)18/h2-7,13,20H,18H2,1H3. The first kappa shape index (κ1) is 14.3. The molecule has 0 spiro atoms. The number of nitrogen functional groups attached to an aromatic ring is 1. The van der Waals surface area contributed by atoms with Gasteiger partial charge in [-0.2, -0.15) is 13.2 Å². The molecule has 1 aromatic carbocycles. The van der Waals surface area contributed by atoms with Crippen LogP contribution in [-0.2, 0) is 6.18 Å². The van der Waals surface area contributed by atoms with Crippen LogP contribution in [-0.4, -0.2) is 10.1 Å². The van der Waals surface area contributed by atoms with Gasteiger partial charge in [-0.15, -0.1) is 0 Å². The number of nitrogens with zero attached hydrogens (tertiary/aromatic N) is 1. The minimum atomic E-state index is -4.48. The maximum atomic E-state index is 12.7. The van der Waals surface area contributed by atoms with E-state index in [2.05, 4.69) is 4.98 Å². The predicted octanol–water partition coefficient (Wildman–Crippen LogP) is 3.07. The molecule has 0 saturated carbocycles. The van der Waals surface area contributed by atoms with E-state index in [9.17, 15) is 18.3 Å². The van der Waals surface area contributed by atoms with Crippen LogP contribution in [0.4, 0.5) is 18.9 Å². The monoisotopic (exact) mass is 282 g/mol. The zero-order valence-corrected chi connectivity index (χ0v) is 10.6. The molecule has 20 heavy (non-hydrogen) atoms. The molecule has 2 rings (SSSR count). The summed E-state index contributed by atoms with van der Waals surface area (Å²) >= 11 is 0. The van der Waals surface area contributed by atoms with E-state index >= 15 is 0 Å². The number of halogens is 3. The summed E-state index contributed by atoms with van der Waals surface area (Å²) < 4.78 is 38.1. The summed E-state index contributed by atoms with van der Waals surface area (Å²) in [7, 11) is 0. The molecule has 1 heterocycles. The SMILES string of the molecule is Cc1ccc(C(O)c2cc(C(F)(F)F)ccc2N)cn1. The molecule has 0 aliphatic rings. The van der Waals surface area contributed by atoms with Crippen molar-refractivity contribution in [3.63, 3.8) is 0 Å². The van der Waals surface area contributed by atoms with E-state index in [1.54, 1.807) is 19.1 Å². The van der Waals surface area contributed by atoms with Gasteiger partial charge < -0.3 is 10.8 Å². The summed E-state index contributed by atoms with van der Waals surface area (Å²) in [4.78, 5) is 4.00. The molecule has 3 N–H and O–H groups in total. The molecule has 0 bridgehead atoms. The lowest BCUT2D eigenvalue weighted by Crippen LogP contribution is -2.10. The Bertz CT molecular complexity index is 609. The Morgan fingerprint density at radius 3 is 2.45 bits per heavy atom. The summed E-state index contributed by atoms with van der Waals surface area (Å²) in [6.45, 7) is 1.77. The molecule has 0 radical (unpaired) electrons. The maximum absolute atomic E-state index is 12.7. The number of hydrogen-bond donors (Lipinski definition) is 2. The fourth-order valence-electron chi connectivity index (χ4n) is 1.81. The second-order valence-corrected chi connectivity index (χ2v) is 4.48. The molecule has 3 nitrogen and oxygen atoms in total. The van der Waals surface area contributed by atoms with E-state index in [-0.39, 0.29) is 11.3 Å². The minimum Gasteiger partial charge on any atom is -0.398 e. The van der Waals surface area contributed by atoms with Crippen molar-refractivity contribution in [3.05, 3.63) is 58.9 Å². The molecule has 6 heteroatoms. The Balaban J connectivity index is 2.43. The fraction of sp³-hybridized carbons (Fsp3) is 0.214. The van der Waals surface area contributed by atoms with Crippen molar-refractivity contribution in [2.45, 2.75) is 19.2 Å². The largest absolute Gasteiger partial charge is 0.416 e. The van der Waals surface area contributed by atoms with Crippen molar-refractivity contribution in [2.24, 2.45) is 0 Å². The highest BCUT2D eigenvalue weighted by atomic mass is 19.4. The molecular weight excluding hydrogens is 269 g/mol. The Hall–Kier alpha value is -2.08. The molecule has 0 fully saturated rings. The number of rotatable bonds is 2. The summed E-state index contributed by atoms with van der Waals surface area (Å²) in [5.41, 5.74) is 6.07. The second-order valence-electron chi connectivity index (χ2n) is 4.48. The third-order valence-corrected chi connectivity index (χ3v) is 2.96. The molecule has 0 saturated heterocycles. The number of aromatic nitrogens is 1. The van der Waals surface area contributed by atoms with Gasteiger partial charge in [0.2, 0.25) is 0 Å². The number of hydrogen-bond acceptors (Lipinski definition) is 3. The van der Waals surface area contributed by atoms with Gasteiger partial charge in [0.15, 0.2) is 0 Å². The number of anilines is 1. The summed E-state index contributed by atoms with van der Waals surface area (Å²) in [5, 5.41) is 10.2. The van der Waals surface area contributed by atoms with E-state index in [4.69, 9.17) is 5.73 Å². The van der Waals surface area contributed by atoms with E-state index in [1.165, 1.54) is 6.20 Å². The van der Waals surface area contributed by atoms with E-state index in [0.717, 1.165) is 23.9 Å². The average Bonchev–Trinajstić information content (AvgIpc) is 2.38. The highest BCUT2D eigenvalue weighted by molar-refractivity contribution is 5.52. The topological polar surface area (TPSA) is 59.1 Å². The third-order valence-electron chi connectivity index (χ3n) is 2.96. The van der Waals surface area contributed by atoms with Gasteiger partial charge >= 0.3 is 6.18 Å². The van der Waals surface area contributed by atoms with Gasteiger partial charge in [0.25, 0.3) is 0 Å². The van der Waals surface area contributed by atoms with Crippen LogP contribution in [0.25, 0.3) is 0 Å². The fourth-order valence-corrected chi connectivity index (χ4v) is 1.81.